The molecule has 0 spiro atoms. The van der Waals surface area contributed by atoms with Crippen molar-refractivity contribution < 1.29 is 19.5 Å². The van der Waals surface area contributed by atoms with Crippen LogP contribution >= 0.6 is 12.2 Å². The highest BCUT2D eigenvalue weighted by atomic mass is 32.1. The second-order valence-electron chi connectivity index (χ2n) is 10.5. The largest absolute Gasteiger partial charge is 0.478 e. The number of allylic oxidation sites excluding steroid dienone is 1. The smallest absolute Gasteiger partial charge is 0.332 e. The number of amides is 1. The van der Waals surface area contributed by atoms with Gasteiger partial charge in [-0.05, 0) is 75.7 Å². The lowest BCUT2D eigenvalue weighted by Crippen LogP contribution is -2.40. The highest BCUT2D eigenvalue weighted by Crippen LogP contribution is 2.45. The van der Waals surface area contributed by atoms with Gasteiger partial charge < -0.3 is 15.3 Å². The van der Waals surface area contributed by atoms with Crippen LogP contribution in [0.1, 0.15) is 79.1 Å². The van der Waals surface area contributed by atoms with Gasteiger partial charge in [0.25, 0.3) is 11.8 Å². The molecule has 0 aromatic carbocycles. The average molecular weight is 472 g/mol. The molecule has 3 N–H and O–H groups in total. The molecule has 1 aliphatic heterocycles. The summed E-state index contributed by atoms with van der Waals surface area (Å²) in [6.45, 7) is 8.19. The number of fused-ring (bicyclic) bond motifs is 2. The van der Waals surface area contributed by atoms with E-state index in [2.05, 4.69) is 22.7 Å². The molecule has 0 unspecified atom stereocenters. The second-order valence-corrected chi connectivity index (χ2v) is 10.9. The molecule has 0 aromatic rings. The molecule has 7 nitrogen and oxygen atoms in total. The maximum Gasteiger partial charge on any atom is 0.332 e. The summed E-state index contributed by atoms with van der Waals surface area (Å²) in [4.78, 5) is 36.0. The zero-order chi connectivity index (χ0) is 23.9. The summed E-state index contributed by atoms with van der Waals surface area (Å²) >= 11 is 5.74. The van der Waals surface area contributed by atoms with Gasteiger partial charge in [0, 0.05) is 16.6 Å². The van der Waals surface area contributed by atoms with Gasteiger partial charge in [0.1, 0.15) is 10.8 Å². The maximum atomic E-state index is 13.4. The zero-order valence-corrected chi connectivity index (χ0v) is 20.7. The molecule has 1 heterocycles. The van der Waals surface area contributed by atoms with E-state index in [4.69, 9.17) is 17.1 Å². The Labute approximate surface area is 200 Å². The van der Waals surface area contributed by atoms with E-state index >= 15 is 0 Å². The van der Waals surface area contributed by atoms with E-state index < -0.39 is 11.9 Å². The predicted molar refractivity (Wildman–Crippen MR) is 130 cm³/mol. The van der Waals surface area contributed by atoms with Crippen molar-refractivity contribution in [3.05, 3.63) is 33.7 Å². The van der Waals surface area contributed by atoms with E-state index in [0.29, 0.717) is 22.9 Å². The Morgan fingerprint density at radius 3 is 2.24 bits per heavy atom. The van der Waals surface area contributed by atoms with Gasteiger partial charge in [-0.3, -0.25) is 4.79 Å². The minimum atomic E-state index is -0.993. The number of amidine groups is 1. The second kappa shape index (κ2) is 9.05. The zero-order valence-electron chi connectivity index (χ0n) is 19.8. The number of carbonyl (C=O) groups excluding carboxylic acids is 1. The Bertz CT molecular complexity index is 1020. The highest BCUT2D eigenvalue weighted by molar-refractivity contribution is 7.80. The van der Waals surface area contributed by atoms with Gasteiger partial charge in [0.2, 0.25) is 0 Å². The molecule has 2 bridgehead atoms. The van der Waals surface area contributed by atoms with Gasteiger partial charge in [0.15, 0.2) is 0 Å². The fourth-order valence-corrected chi connectivity index (χ4v) is 5.67. The molecule has 1 fully saturated rings. The molecule has 0 radical (unpaired) electrons. The minimum absolute atomic E-state index is 0.0226. The number of hydrogen-bond acceptors (Lipinski definition) is 6. The first kappa shape index (κ1) is 23.7. The van der Waals surface area contributed by atoms with Crippen LogP contribution < -0.4 is 10.8 Å². The van der Waals surface area contributed by atoms with E-state index in [1.54, 1.807) is 0 Å². The van der Waals surface area contributed by atoms with Gasteiger partial charge in [0.05, 0.1) is 5.57 Å². The monoisotopic (exact) mass is 471 g/mol. The van der Waals surface area contributed by atoms with E-state index in [9.17, 15) is 14.7 Å². The van der Waals surface area contributed by atoms with Crippen LogP contribution in [-0.2, 0) is 14.4 Å². The fourth-order valence-electron chi connectivity index (χ4n) is 5.37. The number of aliphatic carboxylic acids is 1. The van der Waals surface area contributed by atoms with Crippen LogP contribution in [0.15, 0.2) is 38.7 Å². The van der Waals surface area contributed by atoms with Crippen molar-refractivity contribution in [2.45, 2.75) is 79.1 Å². The van der Waals surface area contributed by atoms with Crippen LogP contribution in [0.25, 0.3) is 0 Å². The van der Waals surface area contributed by atoms with E-state index in [1.807, 2.05) is 20.8 Å². The number of hydrogen-bond donors (Lipinski definition) is 3. The minimum Gasteiger partial charge on any atom is -0.478 e. The first-order valence-electron chi connectivity index (χ1n) is 11.9. The molecule has 1 saturated carbocycles. The number of thiocarbonyl (C=S) groups is 1. The Morgan fingerprint density at radius 1 is 1.09 bits per heavy atom. The van der Waals surface area contributed by atoms with Gasteiger partial charge in [-0.15, -0.1) is 0 Å². The topological polar surface area (TPSA) is 100 Å². The van der Waals surface area contributed by atoms with Gasteiger partial charge in [-0.2, -0.15) is 4.99 Å². The highest BCUT2D eigenvalue weighted by Gasteiger charge is 2.41. The lowest BCUT2D eigenvalue weighted by Gasteiger charge is -2.38. The molecule has 5 rings (SSSR count). The molecular formula is C25H33N3O4S. The molecule has 0 atom stereocenters. The van der Waals surface area contributed by atoms with Gasteiger partial charge >= 0.3 is 5.97 Å². The molecule has 4 aliphatic carbocycles. The fraction of sp³-hybridized carbons (Fsp3) is 0.600. The number of nitrogens with one attached hydrogen (secondary N) is 2. The summed E-state index contributed by atoms with van der Waals surface area (Å²) in [5, 5.41) is 12.7. The van der Waals surface area contributed by atoms with Crippen molar-refractivity contribution in [2.24, 2.45) is 22.2 Å². The van der Waals surface area contributed by atoms with E-state index in [1.165, 1.54) is 5.57 Å². The Kier molecular flexibility index (Phi) is 6.49. The van der Waals surface area contributed by atoms with Crippen LogP contribution in [-0.4, -0.2) is 27.8 Å². The van der Waals surface area contributed by atoms with Crippen molar-refractivity contribution in [1.82, 2.24) is 10.8 Å². The van der Waals surface area contributed by atoms with Crippen molar-refractivity contribution in [2.75, 3.05) is 0 Å². The third-order valence-corrected chi connectivity index (χ3v) is 7.50. The summed E-state index contributed by atoms with van der Waals surface area (Å²) < 4.78 is 0. The summed E-state index contributed by atoms with van der Waals surface area (Å²) in [5.41, 5.74) is 6.23. The van der Waals surface area contributed by atoms with Crippen LogP contribution in [0.5, 0.6) is 0 Å². The van der Waals surface area contributed by atoms with Crippen LogP contribution in [0, 0.1) is 17.3 Å². The standard InChI is InChI=1S/C25H33N3O4S/c1-13-7-5-6-8-16(13)19(21-27-24(28-32-21)25(2,3)4)22(33)26-20(29)17-14-9-11-15(12-10-14)18(17)23(30)31/h14-15H,5-12H2,1-4H3,(H,27,28)(H,30,31)(H,26,29,33). The molecule has 8 heteroatoms. The number of aliphatic imine (C=N–C) groups is 1. The number of nitrogens with zero attached hydrogens (tertiary/aromatic N) is 1. The molecule has 178 valence electrons. The number of hydroxylamine groups is 1. The number of carboxylic acids is 1. The molecule has 0 aromatic heterocycles. The number of rotatable bonds is 4. The van der Waals surface area contributed by atoms with Crippen molar-refractivity contribution >= 4 is 34.9 Å². The van der Waals surface area contributed by atoms with E-state index in [-0.39, 0.29) is 27.8 Å². The Balaban J connectivity index is 1.71. The average Bonchev–Trinajstić information content (AvgIpc) is 3.25. The third kappa shape index (κ3) is 4.63. The first-order valence-corrected chi connectivity index (χ1v) is 12.3. The molecule has 33 heavy (non-hydrogen) atoms. The van der Waals surface area contributed by atoms with Gasteiger partial charge in [-0.1, -0.05) is 38.6 Å². The third-order valence-electron chi connectivity index (χ3n) is 7.19. The molecule has 0 saturated heterocycles. The van der Waals surface area contributed by atoms with E-state index in [0.717, 1.165) is 56.9 Å². The summed E-state index contributed by atoms with van der Waals surface area (Å²) in [6, 6.07) is 0. The summed E-state index contributed by atoms with van der Waals surface area (Å²) in [7, 11) is 0. The number of carboxylic acid groups (broad SMARTS) is 1. The van der Waals surface area contributed by atoms with Gasteiger partial charge in [-0.25, -0.2) is 10.3 Å². The summed E-state index contributed by atoms with van der Waals surface area (Å²) in [6.07, 6.45) is 7.30. The normalized spacial score (nSPS) is 26.5. The predicted octanol–water partition coefficient (Wildman–Crippen LogP) is 4.71. The van der Waals surface area contributed by atoms with Crippen molar-refractivity contribution in [3.63, 3.8) is 0 Å². The lowest BCUT2D eigenvalue weighted by molar-refractivity contribution is -0.134. The van der Waals surface area contributed by atoms with Crippen LogP contribution in [0.2, 0.25) is 0 Å². The van der Waals surface area contributed by atoms with Crippen LogP contribution in [0.4, 0.5) is 0 Å². The van der Waals surface area contributed by atoms with Crippen molar-refractivity contribution in [3.8, 4) is 0 Å². The lowest BCUT2D eigenvalue weighted by atomic mass is 9.66. The molecule has 1 amide bonds. The number of carbonyl (C=O) groups is 2. The quantitative estimate of drug-likeness (QED) is 0.405. The molecular weight excluding hydrogens is 438 g/mol. The maximum absolute atomic E-state index is 13.4. The molecule has 5 aliphatic rings. The first-order chi connectivity index (χ1) is 15.6. The Hall–Kier alpha value is -2.48. The summed E-state index contributed by atoms with van der Waals surface area (Å²) in [5.74, 6) is -0.412. The SMILES string of the molecule is CC1=C(C(C(=S)NC(=O)C2=C(C(=O)O)C3CCC2CC3)=C2N=C(C(C)(C)C)NO2)CCCC1. The van der Waals surface area contributed by atoms with Crippen LogP contribution in [0.3, 0.4) is 0 Å². The van der Waals surface area contributed by atoms with Crippen molar-refractivity contribution in [1.29, 1.82) is 0 Å². The Morgan fingerprint density at radius 2 is 1.70 bits per heavy atom.